The Morgan fingerprint density at radius 1 is 1.13 bits per heavy atom. The highest BCUT2D eigenvalue weighted by atomic mass is 32.2. The number of carboxylic acids is 1. The molecule has 2 aromatic rings. The van der Waals surface area contributed by atoms with Crippen molar-refractivity contribution in [3.8, 4) is 11.8 Å². The van der Waals surface area contributed by atoms with Crippen LogP contribution in [0.15, 0.2) is 53.4 Å². The average Bonchev–Trinajstić information content (AvgIpc) is 2.53. The van der Waals surface area contributed by atoms with Crippen molar-refractivity contribution < 1.29 is 23.1 Å². The molecule has 0 heterocycles. The van der Waals surface area contributed by atoms with Crippen LogP contribution >= 0.6 is 0 Å². The summed E-state index contributed by atoms with van der Waals surface area (Å²) in [4.78, 5) is 10.4. The van der Waals surface area contributed by atoms with Gasteiger partial charge in [-0.05, 0) is 48.5 Å². The summed E-state index contributed by atoms with van der Waals surface area (Å²) in [5.41, 5.74) is 0.753. The van der Waals surface area contributed by atoms with Crippen molar-refractivity contribution in [2.75, 3.05) is 11.3 Å². The molecule has 2 N–H and O–H groups in total. The van der Waals surface area contributed by atoms with Crippen molar-refractivity contribution >= 4 is 21.7 Å². The summed E-state index contributed by atoms with van der Waals surface area (Å²) >= 11 is 0. The van der Waals surface area contributed by atoms with Crippen LogP contribution in [0.1, 0.15) is 5.56 Å². The fraction of sp³-hybridized carbons (Fsp3) is 0.0667. The third-order valence-corrected chi connectivity index (χ3v) is 4.16. The van der Waals surface area contributed by atoms with Gasteiger partial charge < -0.3 is 9.84 Å². The maximum atomic E-state index is 12.2. The normalized spacial score (nSPS) is 10.6. The summed E-state index contributed by atoms with van der Waals surface area (Å²) < 4.78 is 31.8. The van der Waals surface area contributed by atoms with Gasteiger partial charge in [-0.1, -0.05) is 0 Å². The molecule has 0 saturated heterocycles. The average molecular weight is 332 g/mol. The van der Waals surface area contributed by atoms with Crippen molar-refractivity contribution in [1.82, 2.24) is 0 Å². The third kappa shape index (κ3) is 4.46. The Labute approximate surface area is 132 Å². The molecule has 0 radical (unpaired) electrons. The molecule has 0 unspecified atom stereocenters. The Hall–Kier alpha value is -3.05. The first-order chi connectivity index (χ1) is 10.9. The van der Waals surface area contributed by atoms with Crippen LogP contribution in [0.25, 0.3) is 0 Å². The molecule has 0 aromatic heterocycles. The highest BCUT2D eigenvalue weighted by Gasteiger charge is 2.14. The van der Waals surface area contributed by atoms with E-state index in [0.717, 1.165) is 0 Å². The van der Waals surface area contributed by atoms with Gasteiger partial charge in [0.2, 0.25) is 0 Å². The number of nitrogens with zero attached hydrogens (tertiary/aromatic N) is 1. The number of benzene rings is 2. The zero-order valence-corrected chi connectivity index (χ0v) is 12.6. The Bertz CT molecular complexity index is 837. The number of nitriles is 1. The molecule has 0 atom stereocenters. The molecule has 2 rings (SSSR count). The number of sulfonamides is 1. The molecule has 2 aromatic carbocycles. The highest BCUT2D eigenvalue weighted by Crippen LogP contribution is 2.19. The molecule has 0 fully saturated rings. The fourth-order valence-corrected chi connectivity index (χ4v) is 2.75. The number of aliphatic carboxylic acids is 1. The van der Waals surface area contributed by atoms with E-state index in [1.165, 1.54) is 48.5 Å². The van der Waals surface area contributed by atoms with E-state index < -0.39 is 22.6 Å². The van der Waals surface area contributed by atoms with Crippen molar-refractivity contribution in [1.29, 1.82) is 5.26 Å². The van der Waals surface area contributed by atoms with Gasteiger partial charge in [0, 0.05) is 5.69 Å². The van der Waals surface area contributed by atoms with E-state index in [9.17, 15) is 13.2 Å². The molecule has 0 aliphatic carbocycles. The standard InChI is InChI=1S/C15H12N2O5S/c16-9-11-1-3-12(4-2-11)17-23(20,21)14-7-5-13(6-8-14)22-10-15(18)19/h1-8,17H,10H2,(H,18,19). The van der Waals surface area contributed by atoms with Crippen molar-refractivity contribution in [2.45, 2.75) is 4.90 Å². The second-order valence-electron chi connectivity index (χ2n) is 4.45. The Morgan fingerprint density at radius 3 is 2.26 bits per heavy atom. The topological polar surface area (TPSA) is 116 Å². The lowest BCUT2D eigenvalue weighted by Gasteiger charge is -2.09. The van der Waals surface area contributed by atoms with Gasteiger partial charge in [0.1, 0.15) is 5.75 Å². The van der Waals surface area contributed by atoms with E-state index in [2.05, 4.69) is 4.72 Å². The van der Waals surface area contributed by atoms with E-state index in [1.807, 2.05) is 6.07 Å². The Morgan fingerprint density at radius 2 is 1.74 bits per heavy atom. The SMILES string of the molecule is N#Cc1ccc(NS(=O)(=O)c2ccc(OCC(=O)O)cc2)cc1. The van der Waals surface area contributed by atoms with Gasteiger partial charge in [-0.2, -0.15) is 5.26 Å². The van der Waals surface area contributed by atoms with Gasteiger partial charge in [-0.25, -0.2) is 13.2 Å². The largest absolute Gasteiger partial charge is 0.482 e. The maximum Gasteiger partial charge on any atom is 0.341 e. The summed E-state index contributed by atoms with van der Waals surface area (Å²) in [6.45, 7) is -0.504. The fourth-order valence-electron chi connectivity index (χ4n) is 1.69. The zero-order chi connectivity index (χ0) is 16.9. The van der Waals surface area contributed by atoms with Gasteiger partial charge in [0.05, 0.1) is 16.5 Å². The minimum Gasteiger partial charge on any atom is -0.482 e. The van der Waals surface area contributed by atoms with Crippen LogP contribution in [-0.2, 0) is 14.8 Å². The lowest BCUT2D eigenvalue weighted by molar-refractivity contribution is -0.139. The second kappa shape index (κ2) is 6.81. The van der Waals surface area contributed by atoms with Gasteiger partial charge >= 0.3 is 5.97 Å². The van der Waals surface area contributed by atoms with E-state index >= 15 is 0 Å². The predicted octanol–water partition coefficient (Wildman–Crippen LogP) is 1.82. The first-order valence-corrected chi connectivity index (χ1v) is 7.87. The van der Waals surface area contributed by atoms with Crippen molar-refractivity contribution in [3.05, 3.63) is 54.1 Å². The quantitative estimate of drug-likeness (QED) is 0.833. The van der Waals surface area contributed by atoms with E-state index in [4.69, 9.17) is 15.1 Å². The smallest absolute Gasteiger partial charge is 0.341 e. The lowest BCUT2D eigenvalue weighted by Crippen LogP contribution is -2.13. The first-order valence-electron chi connectivity index (χ1n) is 6.38. The molecular formula is C15H12N2O5S. The highest BCUT2D eigenvalue weighted by molar-refractivity contribution is 7.92. The number of carbonyl (C=O) groups is 1. The van der Waals surface area contributed by atoms with E-state index in [-0.39, 0.29) is 10.6 Å². The van der Waals surface area contributed by atoms with Crippen LogP contribution in [0, 0.1) is 11.3 Å². The molecule has 0 aliphatic rings. The van der Waals surface area contributed by atoms with Crippen LogP contribution in [0.4, 0.5) is 5.69 Å². The molecule has 0 amide bonds. The van der Waals surface area contributed by atoms with Crippen LogP contribution in [0.3, 0.4) is 0 Å². The minimum absolute atomic E-state index is 0.00420. The molecular weight excluding hydrogens is 320 g/mol. The van der Waals surface area contributed by atoms with Gasteiger partial charge in [-0.3, -0.25) is 4.72 Å². The number of hydrogen-bond acceptors (Lipinski definition) is 5. The number of rotatable bonds is 6. The maximum absolute atomic E-state index is 12.2. The third-order valence-electron chi connectivity index (χ3n) is 2.76. The monoisotopic (exact) mass is 332 g/mol. The van der Waals surface area contributed by atoms with Gasteiger partial charge in [0.25, 0.3) is 10.0 Å². The number of nitrogens with one attached hydrogen (secondary N) is 1. The molecule has 8 heteroatoms. The van der Waals surface area contributed by atoms with E-state index in [0.29, 0.717) is 11.3 Å². The zero-order valence-electron chi connectivity index (χ0n) is 11.8. The summed E-state index contributed by atoms with van der Waals surface area (Å²) in [6, 6.07) is 13.3. The number of anilines is 1. The Balaban J connectivity index is 2.12. The number of hydrogen-bond donors (Lipinski definition) is 2. The van der Waals surface area contributed by atoms with Crippen LogP contribution in [0.2, 0.25) is 0 Å². The summed E-state index contributed by atoms with van der Waals surface area (Å²) in [6.07, 6.45) is 0. The molecule has 23 heavy (non-hydrogen) atoms. The first kappa shape index (κ1) is 16.3. The molecule has 0 aliphatic heterocycles. The van der Waals surface area contributed by atoms with Gasteiger partial charge in [0.15, 0.2) is 6.61 Å². The van der Waals surface area contributed by atoms with Gasteiger partial charge in [-0.15, -0.1) is 0 Å². The van der Waals surface area contributed by atoms with Crippen LogP contribution in [0.5, 0.6) is 5.75 Å². The molecule has 0 spiro atoms. The molecule has 0 bridgehead atoms. The molecule has 0 saturated carbocycles. The molecule has 118 valence electrons. The van der Waals surface area contributed by atoms with Crippen molar-refractivity contribution in [2.24, 2.45) is 0 Å². The Kier molecular flexibility index (Phi) is 4.83. The minimum atomic E-state index is -3.79. The predicted molar refractivity (Wildman–Crippen MR) is 81.5 cm³/mol. The number of ether oxygens (including phenoxy) is 1. The van der Waals surface area contributed by atoms with Crippen LogP contribution in [-0.4, -0.2) is 26.1 Å². The number of carboxylic acid groups (broad SMARTS) is 1. The summed E-state index contributed by atoms with van der Waals surface area (Å²) in [5, 5.41) is 17.2. The second-order valence-corrected chi connectivity index (χ2v) is 6.13. The summed E-state index contributed by atoms with van der Waals surface area (Å²) in [5.74, 6) is -0.867. The molecule has 7 nitrogen and oxygen atoms in total. The van der Waals surface area contributed by atoms with Crippen molar-refractivity contribution in [3.63, 3.8) is 0 Å². The summed E-state index contributed by atoms with van der Waals surface area (Å²) in [7, 11) is -3.79. The van der Waals surface area contributed by atoms with Crippen LogP contribution < -0.4 is 9.46 Å². The lowest BCUT2D eigenvalue weighted by atomic mass is 10.2. The van der Waals surface area contributed by atoms with E-state index in [1.54, 1.807) is 0 Å².